The van der Waals surface area contributed by atoms with Gasteiger partial charge in [0.05, 0.1) is 10.6 Å². The highest BCUT2D eigenvalue weighted by atomic mass is 79.9. The van der Waals surface area contributed by atoms with Crippen LogP contribution >= 0.6 is 27.5 Å². The van der Waals surface area contributed by atoms with Gasteiger partial charge in [-0.1, -0.05) is 47.4 Å². The second-order valence-electron chi connectivity index (χ2n) is 4.89. The highest BCUT2D eigenvalue weighted by molar-refractivity contribution is 9.09. The van der Waals surface area contributed by atoms with E-state index in [1.807, 2.05) is 13.8 Å². The van der Waals surface area contributed by atoms with Gasteiger partial charge in [-0.05, 0) is 24.0 Å². The Bertz CT molecular complexity index is 437. The van der Waals surface area contributed by atoms with Crippen LogP contribution < -0.4 is 5.32 Å². The van der Waals surface area contributed by atoms with E-state index in [9.17, 15) is 9.18 Å². The maximum Gasteiger partial charge on any atom is 0.254 e. The summed E-state index contributed by atoms with van der Waals surface area (Å²) < 4.78 is 13.6. The topological polar surface area (TPSA) is 29.1 Å². The second-order valence-corrected chi connectivity index (χ2v) is 6.09. The van der Waals surface area contributed by atoms with Gasteiger partial charge < -0.3 is 5.32 Å². The van der Waals surface area contributed by atoms with Gasteiger partial charge in [-0.15, -0.1) is 0 Å². The van der Waals surface area contributed by atoms with E-state index in [1.165, 1.54) is 12.1 Å². The van der Waals surface area contributed by atoms with E-state index in [-0.39, 0.29) is 16.0 Å². The molecule has 1 amide bonds. The number of carbonyl (C=O) groups is 1. The van der Waals surface area contributed by atoms with Gasteiger partial charge in [0.15, 0.2) is 5.82 Å². The Hall–Kier alpha value is -0.610. The Kier molecular flexibility index (Phi) is 5.60. The Morgan fingerprint density at radius 1 is 1.50 bits per heavy atom. The van der Waals surface area contributed by atoms with Crippen LogP contribution in [0.4, 0.5) is 4.39 Å². The molecule has 0 atom stereocenters. The van der Waals surface area contributed by atoms with Crippen molar-refractivity contribution in [1.29, 1.82) is 0 Å². The number of hydrogen-bond donors (Lipinski definition) is 1. The number of nitrogens with one attached hydrogen (secondary N) is 1. The third kappa shape index (κ3) is 4.25. The number of carbonyl (C=O) groups excluding carboxylic acids is 1. The van der Waals surface area contributed by atoms with Crippen molar-refractivity contribution < 1.29 is 9.18 Å². The van der Waals surface area contributed by atoms with E-state index in [4.69, 9.17) is 11.6 Å². The molecule has 18 heavy (non-hydrogen) atoms. The summed E-state index contributed by atoms with van der Waals surface area (Å²) in [5, 5.41) is 3.56. The Labute approximate surface area is 120 Å². The number of benzene rings is 1. The van der Waals surface area contributed by atoms with Crippen LogP contribution in [0.3, 0.4) is 0 Å². The van der Waals surface area contributed by atoms with Crippen LogP contribution in [0.15, 0.2) is 18.2 Å². The van der Waals surface area contributed by atoms with Crippen LogP contribution in [0.1, 0.15) is 30.6 Å². The molecule has 1 aromatic carbocycles. The van der Waals surface area contributed by atoms with E-state index in [1.54, 1.807) is 6.07 Å². The lowest BCUT2D eigenvalue weighted by atomic mass is 9.90. The predicted molar refractivity (Wildman–Crippen MR) is 75.9 cm³/mol. The number of halogens is 3. The van der Waals surface area contributed by atoms with E-state index in [0.29, 0.717) is 6.54 Å². The van der Waals surface area contributed by atoms with Crippen molar-refractivity contribution in [3.63, 3.8) is 0 Å². The molecule has 100 valence electrons. The summed E-state index contributed by atoms with van der Waals surface area (Å²) in [6, 6.07) is 4.40. The quantitative estimate of drug-likeness (QED) is 0.808. The lowest BCUT2D eigenvalue weighted by Gasteiger charge is -2.23. The minimum atomic E-state index is -0.671. The molecule has 0 aromatic heterocycles. The molecule has 0 radical (unpaired) electrons. The van der Waals surface area contributed by atoms with E-state index < -0.39 is 11.7 Å². The molecule has 0 aliphatic rings. The van der Waals surface area contributed by atoms with Crippen molar-refractivity contribution in [2.24, 2.45) is 5.41 Å². The fourth-order valence-electron chi connectivity index (χ4n) is 1.44. The number of amides is 1. The van der Waals surface area contributed by atoms with Crippen LogP contribution in [0.25, 0.3) is 0 Å². The van der Waals surface area contributed by atoms with Crippen molar-refractivity contribution >= 4 is 33.4 Å². The summed E-state index contributed by atoms with van der Waals surface area (Å²) in [6.07, 6.45) is 0.922. The van der Waals surface area contributed by atoms with Crippen molar-refractivity contribution in [3.8, 4) is 0 Å². The van der Waals surface area contributed by atoms with Crippen LogP contribution in [0.2, 0.25) is 5.02 Å². The first-order chi connectivity index (χ1) is 8.37. The Morgan fingerprint density at radius 3 is 2.78 bits per heavy atom. The van der Waals surface area contributed by atoms with Crippen LogP contribution in [-0.4, -0.2) is 17.8 Å². The summed E-state index contributed by atoms with van der Waals surface area (Å²) in [6.45, 7) is 4.58. The largest absolute Gasteiger partial charge is 0.351 e. The minimum Gasteiger partial charge on any atom is -0.351 e. The fraction of sp³-hybridized carbons (Fsp3) is 0.462. The zero-order chi connectivity index (χ0) is 13.8. The zero-order valence-electron chi connectivity index (χ0n) is 10.4. The van der Waals surface area contributed by atoms with Gasteiger partial charge in [-0.3, -0.25) is 4.79 Å². The van der Waals surface area contributed by atoms with E-state index in [2.05, 4.69) is 21.2 Å². The third-order valence-electron chi connectivity index (χ3n) is 2.69. The lowest BCUT2D eigenvalue weighted by Crippen LogP contribution is -2.34. The van der Waals surface area contributed by atoms with Crippen LogP contribution in [-0.2, 0) is 0 Å². The van der Waals surface area contributed by atoms with Gasteiger partial charge in [0.25, 0.3) is 5.91 Å². The normalized spacial score (nSPS) is 11.4. The van der Waals surface area contributed by atoms with Gasteiger partial charge in [-0.2, -0.15) is 0 Å². The summed E-state index contributed by atoms with van der Waals surface area (Å²) in [4.78, 5) is 11.8. The first kappa shape index (κ1) is 15.4. The molecule has 0 unspecified atom stereocenters. The molecular formula is C13H16BrClFNO. The number of alkyl halides is 1. The monoisotopic (exact) mass is 335 g/mol. The van der Waals surface area contributed by atoms with E-state index in [0.717, 1.165) is 11.8 Å². The van der Waals surface area contributed by atoms with Gasteiger partial charge in [0, 0.05) is 11.9 Å². The standard InChI is InChI=1S/C13H16BrClFNO/c1-13(2,6-7-14)8-17-12(18)9-4-3-5-10(15)11(9)16/h3-5H,6-8H2,1-2H3,(H,17,18). The van der Waals surface area contributed by atoms with Gasteiger partial charge in [-0.25, -0.2) is 4.39 Å². The van der Waals surface area contributed by atoms with Crippen molar-refractivity contribution in [2.75, 3.05) is 11.9 Å². The van der Waals surface area contributed by atoms with Crippen LogP contribution in [0.5, 0.6) is 0 Å². The Balaban J connectivity index is 2.69. The number of rotatable bonds is 5. The molecule has 0 saturated carbocycles. The maximum absolute atomic E-state index is 13.6. The Morgan fingerprint density at radius 2 is 2.17 bits per heavy atom. The SMILES string of the molecule is CC(C)(CCBr)CNC(=O)c1cccc(Cl)c1F. The molecule has 0 fully saturated rings. The highest BCUT2D eigenvalue weighted by Crippen LogP contribution is 2.21. The molecule has 5 heteroatoms. The predicted octanol–water partition coefficient (Wildman–Crippen LogP) is 4.02. The molecule has 0 bridgehead atoms. The first-order valence-electron chi connectivity index (χ1n) is 5.65. The average molecular weight is 337 g/mol. The smallest absolute Gasteiger partial charge is 0.254 e. The maximum atomic E-state index is 13.6. The van der Waals surface area contributed by atoms with Gasteiger partial charge in [0.2, 0.25) is 0 Å². The fourth-order valence-corrected chi connectivity index (χ4v) is 2.69. The highest BCUT2D eigenvalue weighted by Gasteiger charge is 2.20. The molecule has 2 nitrogen and oxygen atoms in total. The third-order valence-corrected chi connectivity index (χ3v) is 3.38. The second kappa shape index (κ2) is 6.53. The van der Waals surface area contributed by atoms with Crippen LogP contribution in [0, 0.1) is 11.2 Å². The average Bonchev–Trinajstić information content (AvgIpc) is 2.30. The molecule has 0 spiro atoms. The molecule has 0 aliphatic heterocycles. The molecule has 0 heterocycles. The van der Waals surface area contributed by atoms with E-state index >= 15 is 0 Å². The van der Waals surface area contributed by atoms with Crippen molar-refractivity contribution in [2.45, 2.75) is 20.3 Å². The first-order valence-corrected chi connectivity index (χ1v) is 7.15. The minimum absolute atomic E-state index is 0.0165. The van der Waals surface area contributed by atoms with Gasteiger partial charge in [0.1, 0.15) is 0 Å². The summed E-state index contributed by atoms with van der Waals surface area (Å²) in [5.41, 5.74) is -0.0501. The van der Waals surface area contributed by atoms with Crippen molar-refractivity contribution in [3.05, 3.63) is 34.6 Å². The molecule has 0 saturated heterocycles. The summed E-state index contributed by atoms with van der Waals surface area (Å²) in [7, 11) is 0. The molecule has 1 N–H and O–H groups in total. The molecule has 1 aromatic rings. The summed E-state index contributed by atoms with van der Waals surface area (Å²) in [5.74, 6) is -1.10. The molecule has 1 rings (SSSR count). The summed E-state index contributed by atoms with van der Waals surface area (Å²) >= 11 is 9.00. The number of hydrogen-bond acceptors (Lipinski definition) is 1. The van der Waals surface area contributed by atoms with Gasteiger partial charge >= 0.3 is 0 Å². The molecule has 0 aliphatic carbocycles. The van der Waals surface area contributed by atoms with Crippen molar-refractivity contribution in [1.82, 2.24) is 5.32 Å². The lowest BCUT2D eigenvalue weighted by molar-refractivity contribution is 0.0932. The zero-order valence-corrected chi connectivity index (χ0v) is 12.7. The molecular weight excluding hydrogens is 321 g/mol.